The minimum Gasteiger partial charge on any atom is -0.451 e. The summed E-state index contributed by atoms with van der Waals surface area (Å²) >= 11 is 0. The fourth-order valence-corrected chi connectivity index (χ4v) is 9.44. The number of fused-ring (bicyclic) bond motifs is 11. The van der Waals surface area contributed by atoms with Gasteiger partial charge in [0, 0.05) is 66.4 Å². The molecule has 6 heteroatoms. The third-order valence-corrected chi connectivity index (χ3v) is 13.4. The van der Waals surface area contributed by atoms with Gasteiger partial charge in [0.05, 0.1) is 23.3 Å². The van der Waals surface area contributed by atoms with Crippen LogP contribution >= 0.6 is 0 Å². The minimum atomic E-state index is 0.623. The van der Waals surface area contributed by atoms with Crippen LogP contribution in [0.2, 0.25) is 0 Å². The number of aryl methyl sites for hydroxylation is 4. The number of anilines is 6. The smallest absolute Gasteiger partial charge is 0.178 e. The summed E-state index contributed by atoms with van der Waals surface area (Å²) in [6.45, 7) is 12.9. The second-order valence-electron chi connectivity index (χ2n) is 17.1. The number of hydrogen-bond donors (Lipinski definition) is 0. The molecule has 0 atom stereocenters. The van der Waals surface area contributed by atoms with Gasteiger partial charge >= 0.3 is 0 Å². The molecule has 2 aromatic heterocycles. The Hall–Kier alpha value is -8.32. The SMILES string of the molecule is Cc1cc(N(c2ccc(C#N)cc2)c2ccc3c(ccc4c5ccc6c7ccc8cc(N(c9ccc(C#N)cc9)c9cc(C)c(C)c(C)c9)ccc8c7oc6c5oc34)c2)cc(C)c1C. The third kappa shape index (κ3) is 6.07. The molecule has 0 aliphatic heterocycles. The van der Waals surface area contributed by atoms with E-state index in [0.717, 1.165) is 99.5 Å². The molecule has 0 N–H and O–H groups in total. The van der Waals surface area contributed by atoms with Crippen LogP contribution in [0.25, 0.3) is 65.4 Å². The average Bonchev–Trinajstić information content (AvgIpc) is 3.90. The molecule has 0 saturated carbocycles. The first-order valence-electron chi connectivity index (χ1n) is 21.5. The van der Waals surface area contributed by atoms with E-state index in [1.165, 1.54) is 33.4 Å². The highest BCUT2D eigenvalue weighted by atomic mass is 16.4. The van der Waals surface area contributed by atoms with Gasteiger partial charge < -0.3 is 18.6 Å². The molecule has 11 aromatic rings. The van der Waals surface area contributed by atoms with Crippen LogP contribution in [-0.4, -0.2) is 0 Å². The van der Waals surface area contributed by atoms with Gasteiger partial charge in [0.2, 0.25) is 0 Å². The maximum atomic E-state index is 9.54. The van der Waals surface area contributed by atoms with Gasteiger partial charge in [0.1, 0.15) is 11.2 Å². The molecule has 0 unspecified atom stereocenters. The second-order valence-corrected chi connectivity index (χ2v) is 17.1. The summed E-state index contributed by atoms with van der Waals surface area (Å²) in [4.78, 5) is 4.51. The van der Waals surface area contributed by atoms with E-state index in [4.69, 9.17) is 8.83 Å². The van der Waals surface area contributed by atoms with Crippen LogP contribution < -0.4 is 9.80 Å². The highest BCUT2D eigenvalue weighted by Gasteiger charge is 2.22. The Kier molecular flexibility index (Phi) is 8.84. The normalized spacial score (nSPS) is 11.6. The predicted molar refractivity (Wildman–Crippen MR) is 263 cm³/mol. The fraction of sp³-hybridized carbons (Fsp3) is 0.103. The van der Waals surface area contributed by atoms with Crippen molar-refractivity contribution in [1.82, 2.24) is 0 Å². The van der Waals surface area contributed by atoms with Gasteiger partial charge in [-0.05, 0) is 219 Å². The summed E-state index contributed by atoms with van der Waals surface area (Å²) in [6.07, 6.45) is 0. The van der Waals surface area contributed by atoms with Crippen molar-refractivity contribution in [2.45, 2.75) is 41.5 Å². The van der Waals surface area contributed by atoms with Crippen LogP contribution in [0.5, 0.6) is 0 Å². The fourth-order valence-electron chi connectivity index (χ4n) is 9.44. The molecule has 0 aliphatic carbocycles. The number of furan rings is 2. The zero-order valence-electron chi connectivity index (χ0n) is 36.5. The van der Waals surface area contributed by atoms with Crippen LogP contribution in [0.1, 0.15) is 44.5 Å². The van der Waals surface area contributed by atoms with Crippen molar-refractivity contribution < 1.29 is 8.83 Å². The van der Waals surface area contributed by atoms with Crippen molar-refractivity contribution in [2.24, 2.45) is 0 Å². The van der Waals surface area contributed by atoms with E-state index in [1.54, 1.807) is 0 Å². The Labute approximate surface area is 371 Å². The lowest BCUT2D eigenvalue weighted by molar-refractivity contribution is 0.637. The van der Waals surface area contributed by atoms with E-state index >= 15 is 0 Å². The highest BCUT2D eigenvalue weighted by Crippen LogP contribution is 2.45. The number of hydrogen-bond acceptors (Lipinski definition) is 6. The molecule has 9 aromatic carbocycles. The van der Waals surface area contributed by atoms with Crippen molar-refractivity contribution in [3.8, 4) is 12.1 Å². The first-order chi connectivity index (χ1) is 31.1. The van der Waals surface area contributed by atoms with Gasteiger partial charge in [-0.15, -0.1) is 0 Å². The molecule has 0 saturated heterocycles. The van der Waals surface area contributed by atoms with E-state index in [2.05, 4.69) is 161 Å². The molecule has 306 valence electrons. The van der Waals surface area contributed by atoms with Crippen molar-refractivity contribution in [1.29, 1.82) is 10.5 Å². The summed E-state index contributed by atoms with van der Waals surface area (Å²) in [5.41, 5.74) is 17.9. The molecule has 0 spiro atoms. The lowest BCUT2D eigenvalue weighted by atomic mass is 10.0. The molecule has 64 heavy (non-hydrogen) atoms. The van der Waals surface area contributed by atoms with E-state index in [1.807, 2.05) is 48.5 Å². The van der Waals surface area contributed by atoms with Crippen LogP contribution in [-0.2, 0) is 0 Å². The Morgan fingerprint density at radius 3 is 1.00 bits per heavy atom. The highest BCUT2D eigenvalue weighted by molar-refractivity contribution is 6.24. The number of rotatable bonds is 6. The Morgan fingerprint density at radius 1 is 0.328 bits per heavy atom. The van der Waals surface area contributed by atoms with Gasteiger partial charge in [0.25, 0.3) is 0 Å². The molecule has 11 rings (SSSR count). The summed E-state index contributed by atoms with van der Waals surface area (Å²) in [5.74, 6) is 0. The topological polar surface area (TPSA) is 80.3 Å². The Bertz CT molecular complexity index is 3520. The Morgan fingerprint density at radius 2 is 0.641 bits per heavy atom. The summed E-state index contributed by atoms with van der Waals surface area (Å²) < 4.78 is 13.8. The van der Waals surface area contributed by atoms with Crippen LogP contribution in [0, 0.1) is 64.2 Å². The predicted octanol–water partition coefficient (Wildman–Crippen LogP) is 16.3. The number of nitrogens with zero attached hydrogens (tertiary/aromatic N) is 4. The van der Waals surface area contributed by atoms with E-state index < -0.39 is 0 Å². The van der Waals surface area contributed by atoms with Crippen LogP contribution in [0.15, 0.2) is 154 Å². The van der Waals surface area contributed by atoms with Gasteiger partial charge in [0.15, 0.2) is 11.2 Å². The van der Waals surface area contributed by atoms with Crippen molar-refractivity contribution in [2.75, 3.05) is 9.80 Å². The zero-order valence-corrected chi connectivity index (χ0v) is 36.5. The molecule has 0 amide bonds. The summed E-state index contributed by atoms with van der Waals surface area (Å²) in [6, 6.07) is 54.9. The van der Waals surface area contributed by atoms with Gasteiger partial charge in [-0.2, -0.15) is 10.5 Å². The van der Waals surface area contributed by atoms with Crippen molar-refractivity contribution in [3.05, 3.63) is 190 Å². The standard InChI is InChI=1S/C58H42N4O2/c1-33-25-47(26-34(2)37(33)5)61(43-13-7-39(31-59)8-14-43)45-17-21-49-41(29-45)11-19-51-53-23-24-54-52-20-12-42-30-46(18-22-50(42)56(52)64-58(54)57(53)63-55(49)51)62(44-15-9-40(32-60)10-16-44)48-27-35(3)38(6)36(4)28-48/h7-30H,1-6H3. The maximum Gasteiger partial charge on any atom is 0.178 e. The average molecular weight is 827 g/mol. The van der Waals surface area contributed by atoms with Crippen molar-refractivity contribution >= 4 is 99.5 Å². The van der Waals surface area contributed by atoms with Gasteiger partial charge in [-0.25, -0.2) is 0 Å². The molecule has 0 bridgehead atoms. The first-order valence-corrected chi connectivity index (χ1v) is 21.5. The molecule has 2 heterocycles. The molecule has 0 aliphatic rings. The van der Waals surface area contributed by atoms with Gasteiger partial charge in [-0.1, -0.05) is 12.1 Å². The molecular weight excluding hydrogens is 785 g/mol. The molecule has 6 nitrogen and oxygen atoms in total. The van der Waals surface area contributed by atoms with Crippen LogP contribution in [0.3, 0.4) is 0 Å². The lowest BCUT2D eigenvalue weighted by Crippen LogP contribution is -2.11. The molecular formula is C58H42N4O2. The summed E-state index contributed by atoms with van der Waals surface area (Å²) in [5, 5.41) is 27.3. The van der Waals surface area contributed by atoms with E-state index in [0.29, 0.717) is 11.1 Å². The maximum absolute atomic E-state index is 9.54. The molecule has 0 radical (unpaired) electrons. The number of benzene rings is 9. The third-order valence-electron chi connectivity index (χ3n) is 13.4. The zero-order chi connectivity index (χ0) is 44.0. The molecule has 0 fully saturated rings. The van der Waals surface area contributed by atoms with Gasteiger partial charge in [-0.3, -0.25) is 0 Å². The first kappa shape index (κ1) is 38.6. The minimum absolute atomic E-state index is 0.623. The quantitative estimate of drug-likeness (QED) is 0.166. The summed E-state index contributed by atoms with van der Waals surface area (Å²) in [7, 11) is 0. The van der Waals surface area contributed by atoms with E-state index in [-0.39, 0.29) is 0 Å². The van der Waals surface area contributed by atoms with Crippen molar-refractivity contribution in [3.63, 3.8) is 0 Å². The van der Waals surface area contributed by atoms with E-state index in [9.17, 15) is 10.5 Å². The Balaban J connectivity index is 1.03. The number of nitriles is 2. The monoisotopic (exact) mass is 826 g/mol. The lowest BCUT2D eigenvalue weighted by Gasteiger charge is -2.27. The largest absolute Gasteiger partial charge is 0.451 e. The second kappa shape index (κ2) is 14.7. The van der Waals surface area contributed by atoms with Crippen LogP contribution in [0.4, 0.5) is 34.1 Å².